The fraction of sp³-hybridized carbons (Fsp3) is 0. The maximum absolute atomic E-state index is 13.2. The van der Waals surface area contributed by atoms with Crippen LogP contribution in [0.5, 0.6) is 0 Å². The lowest BCUT2D eigenvalue weighted by atomic mass is 10.2. The molecule has 4 nitrogen and oxygen atoms in total. The molecular weight excluding hydrogens is 370 g/mol. The van der Waals surface area contributed by atoms with Gasteiger partial charge in [-0.25, -0.2) is 9.37 Å². The first-order valence-corrected chi connectivity index (χ1v) is 6.81. The Kier molecular flexibility index (Phi) is 3.06. The van der Waals surface area contributed by atoms with Gasteiger partial charge in [-0.1, -0.05) is 0 Å². The SMILES string of the molecule is N#Cc1cc(F)ccc1-n1c(N)nc2cc(I)ccc21. The summed E-state index contributed by atoms with van der Waals surface area (Å²) in [4.78, 5) is 4.28. The zero-order valence-electron chi connectivity index (χ0n) is 10.1. The number of rotatable bonds is 1. The van der Waals surface area contributed by atoms with Crippen LogP contribution in [0.1, 0.15) is 5.56 Å². The molecule has 0 fully saturated rings. The Morgan fingerprint density at radius 1 is 1.25 bits per heavy atom. The van der Waals surface area contributed by atoms with Gasteiger partial charge in [-0.15, -0.1) is 0 Å². The van der Waals surface area contributed by atoms with E-state index in [0.29, 0.717) is 5.69 Å². The minimum atomic E-state index is -0.456. The number of aromatic nitrogens is 2. The van der Waals surface area contributed by atoms with E-state index in [-0.39, 0.29) is 11.5 Å². The van der Waals surface area contributed by atoms with Crippen LogP contribution in [0.15, 0.2) is 36.4 Å². The number of fused-ring (bicyclic) bond motifs is 1. The average molecular weight is 378 g/mol. The summed E-state index contributed by atoms with van der Waals surface area (Å²) in [6.07, 6.45) is 0. The van der Waals surface area contributed by atoms with Crippen molar-refractivity contribution in [2.45, 2.75) is 0 Å². The summed E-state index contributed by atoms with van der Waals surface area (Å²) in [5.41, 5.74) is 8.21. The fourth-order valence-electron chi connectivity index (χ4n) is 2.12. The predicted octanol–water partition coefficient (Wildman–Crippen LogP) is 3.22. The van der Waals surface area contributed by atoms with Gasteiger partial charge in [-0.3, -0.25) is 4.57 Å². The highest BCUT2D eigenvalue weighted by atomic mass is 127. The molecule has 0 saturated carbocycles. The molecular formula is C14H8FIN4. The van der Waals surface area contributed by atoms with E-state index in [2.05, 4.69) is 27.6 Å². The smallest absolute Gasteiger partial charge is 0.205 e. The molecule has 1 aromatic heterocycles. The van der Waals surface area contributed by atoms with Crippen molar-refractivity contribution in [3.63, 3.8) is 0 Å². The number of nitriles is 1. The van der Waals surface area contributed by atoms with Gasteiger partial charge in [-0.2, -0.15) is 5.26 Å². The molecule has 0 aliphatic rings. The maximum atomic E-state index is 13.2. The third kappa shape index (κ3) is 2.00. The quantitative estimate of drug-likeness (QED) is 0.662. The van der Waals surface area contributed by atoms with Gasteiger partial charge in [0.2, 0.25) is 5.95 Å². The maximum Gasteiger partial charge on any atom is 0.205 e. The number of hydrogen-bond donors (Lipinski definition) is 1. The summed E-state index contributed by atoms with van der Waals surface area (Å²) >= 11 is 2.19. The average Bonchev–Trinajstić information content (AvgIpc) is 2.73. The molecule has 2 N–H and O–H groups in total. The molecule has 0 atom stereocenters. The molecule has 1 heterocycles. The Hall–Kier alpha value is -2.14. The lowest BCUT2D eigenvalue weighted by Gasteiger charge is -2.08. The molecule has 0 saturated heterocycles. The zero-order valence-corrected chi connectivity index (χ0v) is 12.3. The number of anilines is 1. The van der Waals surface area contributed by atoms with Crippen molar-refractivity contribution in [1.29, 1.82) is 5.26 Å². The van der Waals surface area contributed by atoms with Crippen LogP contribution in [0.4, 0.5) is 10.3 Å². The van der Waals surface area contributed by atoms with E-state index >= 15 is 0 Å². The molecule has 3 aromatic rings. The number of halogens is 2. The van der Waals surface area contributed by atoms with Gasteiger partial charge in [0.15, 0.2) is 0 Å². The summed E-state index contributed by atoms with van der Waals surface area (Å²) in [6.45, 7) is 0. The number of benzene rings is 2. The van der Waals surface area contributed by atoms with Crippen molar-refractivity contribution >= 4 is 39.6 Å². The topological polar surface area (TPSA) is 67.6 Å². The van der Waals surface area contributed by atoms with Crippen LogP contribution >= 0.6 is 22.6 Å². The molecule has 6 heteroatoms. The van der Waals surface area contributed by atoms with Crippen molar-refractivity contribution in [1.82, 2.24) is 9.55 Å². The van der Waals surface area contributed by atoms with E-state index in [4.69, 9.17) is 11.0 Å². The first kappa shape index (κ1) is 12.9. The number of nitrogens with two attached hydrogens (primary N) is 1. The zero-order chi connectivity index (χ0) is 14.3. The molecule has 0 aliphatic heterocycles. The molecule has 0 radical (unpaired) electrons. The third-order valence-electron chi connectivity index (χ3n) is 2.96. The van der Waals surface area contributed by atoms with Crippen LogP contribution in [0.2, 0.25) is 0 Å². The highest BCUT2D eigenvalue weighted by Gasteiger charge is 2.14. The number of hydrogen-bond acceptors (Lipinski definition) is 3. The minimum absolute atomic E-state index is 0.217. The van der Waals surface area contributed by atoms with Gasteiger partial charge in [0.05, 0.1) is 22.3 Å². The Labute approximate surface area is 127 Å². The van der Waals surface area contributed by atoms with Crippen molar-refractivity contribution in [3.8, 4) is 11.8 Å². The molecule has 0 bridgehead atoms. The minimum Gasteiger partial charge on any atom is -0.369 e. The van der Waals surface area contributed by atoms with E-state index in [1.807, 2.05) is 24.3 Å². The molecule has 98 valence electrons. The van der Waals surface area contributed by atoms with Crippen LogP contribution in [-0.2, 0) is 0 Å². The van der Waals surface area contributed by atoms with Crippen molar-refractivity contribution in [2.75, 3.05) is 5.73 Å². The molecule has 3 rings (SSSR count). The summed E-state index contributed by atoms with van der Waals surface area (Å²) < 4.78 is 15.9. The number of imidazole rings is 1. The molecule has 0 aliphatic carbocycles. The van der Waals surface area contributed by atoms with Gasteiger partial charge in [-0.05, 0) is 59.0 Å². The van der Waals surface area contributed by atoms with E-state index < -0.39 is 5.82 Å². The van der Waals surface area contributed by atoms with Gasteiger partial charge in [0, 0.05) is 3.57 Å². The van der Waals surface area contributed by atoms with Gasteiger partial charge in [0.25, 0.3) is 0 Å². The number of nitrogen functional groups attached to an aromatic ring is 1. The Morgan fingerprint density at radius 2 is 2.05 bits per heavy atom. The van der Waals surface area contributed by atoms with Gasteiger partial charge < -0.3 is 5.73 Å². The monoisotopic (exact) mass is 378 g/mol. The second-order valence-electron chi connectivity index (χ2n) is 4.21. The van der Waals surface area contributed by atoms with E-state index in [9.17, 15) is 4.39 Å². The van der Waals surface area contributed by atoms with Gasteiger partial charge >= 0.3 is 0 Å². The van der Waals surface area contributed by atoms with Gasteiger partial charge in [0.1, 0.15) is 11.9 Å². The second-order valence-corrected chi connectivity index (χ2v) is 5.46. The summed E-state index contributed by atoms with van der Waals surface area (Å²) in [6, 6.07) is 11.7. The second kappa shape index (κ2) is 4.76. The molecule has 0 unspecified atom stereocenters. The lowest BCUT2D eigenvalue weighted by molar-refractivity contribution is 0.627. The lowest BCUT2D eigenvalue weighted by Crippen LogP contribution is -2.03. The standard InChI is InChI=1S/C14H8FIN4/c15-9-1-3-12(8(5-9)7-17)20-13-4-2-10(16)6-11(13)19-14(20)18/h1-6H,(H2,18,19). The van der Waals surface area contributed by atoms with Crippen molar-refractivity contribution < 1.29 is 4.39 Å². The highest BCUT2D eigenvalue weighted by molar-refractivity contribution is 14.1. The first-order valence-electron chi connectivity index (χ1n) is 5.73. The normalized spacial score (nSPS) is 10.7. The van der Waals surface area contributed by atoms with Crippen LogP contribution in [0.25, 0.3) is 16.7 Å². The largest absolute Gasteiger partial charge is 0.369 e. The van der Waals surface area contributed by atoms with Crippen LogP contribution < -0.4 is 5.73 Å². The summed E-state index contributed by atoms with van der Waals surface area (Å²) in [5, 5.41) is 9.16. The van der Waals surface area contributed by atoms with E-state index in [1.54, 1.807) is 4.57 Å². The predicted molar refractivity (Wildman–Crippen MR) is 82.9 cm³/mol. The molecule has 20 heavy (non-hydrogen) atoms. The fourth-order valence-corrected chi connectivity index (χ4v) is 2.59. The highest BCUT2D eigenvalue weighted by Crippen LogP contribution is 2.26. The van der Waals surface area contributed by atoms with Crippen LogP contribution in [0, 0.1) is 20.7 Å². The Balaban J connectivity index is 2.35. The first-order chi connectivity index (χ1) is 9.60. The van der Waals surface area contributed by atoms with E-state index in [1.165, 1.54) is 18.2 Å². The summed E-state index contributed by atoms with van der Waals surface area (Å²) in [5.74, 6) is -0.187. The summed E-state index contributed by atoms with van der Waals surface area (Å²) in [7, 11) is 0. The van der Waals surface area contributed by atoms with E-state index in [0.717, 1.165) is 14.6 Å². The molecule has 0 spiro atoms. The van der Waals surface area contributed by atoms with Crippen LogP contribution in [0.3, 0.4) is 0 Å². The number of nitrogens with zero attached hydrogens (tertiary/aromatic N) is 3. The third-order valence-corrected chi connectivity index (χ3v) is 3.63. The Morgan fingerprint density at radius 3 is 2.80 bits per heavy atom. The molecule has 0 amide bonds. The van der Waals surface area contributed by atoms with Crippen molar-refractivity contribution in [2.24, 2.45) is 0 Å². The molecule has 2 aromatic carbocycles. The van der Waals surface area contributed by atoms with Crippen LogP contribution in [-0.4, -0.2) is 9.55 Å². The van der Waals surface area contributed by atoms with Crippen molar-refractivity contribution in [3.05, 3.63) is 51.3 Å². The Bertz CT molecular complexity index is 863.